The lowest BCUT2D eigenvalue weighted by Crippen LogP contribution is -2.52. The highest BCUT2D eigenvalue weighted by Gasteiger charge is 2.28. The summed E-state index contributed by atoms with van der Waals surface area (Å²) in [6.07, 6.45) is 0. The standard InChI is InChI=1S/C19H31ClN4O2S/c1-19(2,3)27(25,26)14-9-22-18(21-4)24-12-10-23(11-13-24)15-16-5-7-17(20)8-6-16/h5-8H,9-15H2,1-4H3,(H,21,22). The van der Waals surface area contributed by atoms with Gasteiger partial charge in [-0.2, -0.15) is 0 Å². The fourth-order valence-electron chi connectivity index (χ4n) is 2.90. The van der Waals surface area contributed by atoms with Crippen molar-refractivity contribution in [2.45, 2.75) is 32.1 Å². The molecule has 0 saturated carbocycles. The van der Waals surface area contributed by atoms with Gasteiger partial charge in [0.2, 0.25) is 0 Å². The van der Waals surface area contributed by atoms with E-state index in [-0.39, 0.29) is 5.75 Å². The third-order valence-electron chi connectivity index (χ3n) is 4.79. The van der Waals surface area contributed by atoms with Crippen molar-refractivity contribution in [3.63, 3.8) is 0 Å². The minimum Gasteiger partial charge on any atom is -0.355 e. The van der Waals surface area contributed by atoms with Gasteiger partial charge in [0.15, 0.2) is 15.8 Å². The fourth-order valence-corrected chi connectivity index (χ4v) is 4.01. The molecule has 1 aliphatic heterocycles. The maximum atomic E-state index is 12.2. The minimum absolute atomic E-state index is 0.103. The molecule has 27 heavy (non-hydrogen) atoms. The Balaban J connectivity index is 1.80. The van der Waals surface area contributed by atoms with Gasteiger partial charge >= 0.3 is 0 Å². The maximum absolute atomic E-state index is 12.2. The van der Waals surface area contributed by atoms with Crippen LogP contribution in [0.25, 0.3) is 0 Å². The molecule has 1 saturated heterocycles. The number of aliphatic imine (C=N–C) groups is 1. The molecule has 0 radical (unpaired) electrons. The molecule has 1 fully saturated rings. The number of nitrogens with zero attached hydrogens (tertiary/aromatic N) is 3. The summed E-state index contributed by atoms with van der Waals surface area (Å²) in [5.74, 6) is 0.872. The van der Waals surface area contributed by atoms with E-state index in [1.807, 2.05) is 12.1 Å². The van der Waals surface area contributed by atoms with Crippen LogP contribution in [0, 0.1) is 0 Å². The number of halogens is 1. The third-order valence-corrected chi connectivity index (χ3v) is 7.65. The van der Waals surface area contributed by atoms with Gasteiger partial charge in [0.05, 0.1) is 10.5 Å². The van der Waals surface area contributed by atoms with Crippen LogP contribution < -0.4 is 5.32 Å². The number of hydrogen-bond acceptors (Lipinski definition) is 4. The van der Waals surface area contributed by atoms with Crippen molar-refractivity contribution in [1.29, 1.82) is 0 Å². The Bertz CT molecular complexity index is 734. The molecular weight excluding hydrogens is 384 g/mol. The normalized spacial score (nSPS) is 17.2. The second-order valence-electron chi connectivity index (χ2n) is 7.79. The highest BCUT2D eigenvalue weighted by molar-refractivity contribution is 7.92. The summed E-state index contributed by atoms with van der Waals surface area (Å²) in [4.78, 5) is 8.90. The second kappa shape index (κ2) is 9.26. The lowest BCUT2D eigenvalue weighted by atomic mass is 10.2. The number of benzene rings is 1. The van der Waals surface area contributed by atoms with Crippen LogP contribution in [0.4, 0.5) is 0 Å². The predicted octanol–water partition coefficient (Wildman–Crippen LogP) is 2.25. The van der Waals surface area contributed by atoms with E-state index in [0.29, 0.717) is 6.54 Å². The molecule has 0 unspecified atom stereocenters. The van der Waals surface area contributed by atoms with Crippen molar-refractivity contribution in [3.05, 3.63) is 34.9 Å². The molecule has 2 rings (SSSR count). The van der Waals surface area contributed by atoms with Gasteiger partial charge in [-0.25, -0.2) is 8.42 Å². The van der Waals surface area contributed by atoms with Crippen molar-refractivity contribution < 1.29 is 8.42 Å². The van der Waals surface area contributed by atoms with Crippen molar-refractivity contribution in [2.75, 3.05) is 45.5 Å². The second-order valence-corrected chi connectivity index (χ2v) is 11.1. The van der Waals surface area contributed by atoms with E-state index in [2.05, 4.69) is 32.2 Å². The first kappa shape index (κ1) is 22.0. The molecule has 152 valence electrons. The molecule has 1 aromatic rings. The van der Waals surface area contributed by atoms with E-state index in [0.717, 1.165) is 43.7 Å². The van der Waals surface area contributed by atoms with Crippen LogP contribution in [0.15, 0.2) is 29.3 Å². The summed E-state index contributed by atoms with van der Waals surface area (Å²) in [7, 11) is -1.40. The predicted molar refractivity (Wildman–Crippen MR) is 113 cm³/mol. The number of sulfone groups is 1. The maximum Gasteiger partial charge on any atom is 0.193 e. The van der Waals surface area contributed by atoms with Gasteiger partial charge in [-0.1, -0.05) is 23.7 Å². The van der Waals surface area contributed by atoms with E-state index in [9.17, 15) is 8.42 Å². The zero-order chi connectivity index (χ0) is 20.1. The Hall–Kier alpha value is -1.31. The number of rotatable bonds is 5. The molecule has 0 aromatic heterocycles. The van der Waals surface area contributed by atoms with E-state index >= 15 is 0 Å². The number of nitrogens with one attached hydrogen (secondary N) is 1. The Labute approximate surface area is 168 Å². The molecule has 1 aliphatic rings. The van der Waals surface area contributed by atoms with E-state index in [1.54, 1.807) is 27.8 Å². The lowest BCUT2D eigenvalue weighted by molar-refractivity contribution is 0.172. The summed E-state index contributed by atoms with van der Waals surface area (Å²) >= 11 is 5.94. The largest absolute Gasteiger partial charge is 0.355 e. The highest BCUT2D eigenvalue weighted by Crippen LogP contribution is 2.15. The molecule has 1 N–H and O–H groups in total. The van der Waals surface area contributed by atoms with Crippen molar-refractivity contribution >= 4 is 27.4 Å². The Morgan fingerprint density at radius 2 is 1.74 bits per heavy atom. The van der Waals surface area contributed by atoms with Gasteiger partial charge in [0.1, 0.15) is 0 Å². The molecule has 0 aliphatic carbocycles. The fraction of sp³-hybridized carbons (Fsp3) is 0.632. The van der Waals surface area contributed by atoms with Gasteiger partial charge in [-0.15, -0.1) is 0 Å². The van der Waals surface area contributed by atoms with Gasteiger partial charge in [-0.3, -0.25) is 9.89 Å². The lowest BCUT2D eigenvalue weighted by Gasteiger charge is -2.36. The molecule has 1 heterocycles. The zero-order valence-corrected chi connectivity index (χ0v) is 18.3. The third kappa shape index (κ3) is 6.36. The van der Waals surface area contributed by atoms with Crippen LogP contribution in [0.3, 0.4) is 0 Å². The Kier molecular flexibility index (Phi) is 7.54. The van der Waals surface area contributed by atoms with Crippen molar-refractivity contribution in [2.24, 2.45) is 4.99 Å². The van der Waals surface area contributed by atoms with E-state index < -0.39 is 14.6 Å². The molecule has 0 bridgehead atoms. The summed E-state index contributed by atoms with van der Waals surface area (Å²) in [5, 5.41) is 3.96. The molecule has 1 aromatic carbocycles. The average molecular weight is 415 g/mol. The van der Waals surface area contributed by atoms with Crippen molar-refractivity contribution in [3.8, 4) is 0 Å². The molecule has 0 amide bonds. The highest BCUT2D eigenvalue weighted by atomic mass is 35.5. The van der Waals surface area contributed by atoms with Gasteiger partial charge in [0.25, 0.3) is 0 Å². The monoisotopic (exact) mass is 414 g/mol. The molecule has 6 nitrogen and oxygen atoms in total. The van der Waals surface area contributed by atoms with Crippen LogP contribution in [0.1, 0.15) is 26.3 Å². The summed E-state index contributed by atoms with van der Waals surface area (Å²) in [6, 6.07) is 7.96. The Morgan fingerprint density at radius 1 is 1.15 bits per heavy atom. The van der Waals surface area contributed by atoms with Gasteiger partial charge < -0.3 is 10.2 Å². The first-order valence-electron chi connectivity index (χ1n) is 9.27. The SMILES string of the molecule is CN=C(NCCS(=O)(=O)C(C)(C)C)N1CCN(Cc2ccc(Cl)cc2)CC1. The topological polar surface area (TPSA) is 65.0 Å². The van der Waals surface area contributed by atoms with Gasteiger partial charge in [-0.05, 0) is 38.5 Å². The quantitative estimate of drug-likeness (QED) is 0.591. The average Bonchev–Trinajstić information content (AvgIpc) is 2.61. The Morgan fingerprint density at radius 3 is 2.26 bits per heavy atom. The number of guanidine groups is 1. The van der Waals surface area contributed by atoms with E-state index in [1.165, 1.54) is 5.56 Å². The van der Waals surface area contributed by atoms with Crippen molar-refractivity contribution in [1.82, 2.24) is 15.1 Å². The van der Waals surface area contributed by atoms with E-state index in [4.69, 9.17) is 11.6 Å². The van der Waals surface area contributed by atoms with Gasteiger partial charge in [0, 0.05) is 51.3 Å². The molecule has 8 heteroatoms. The zero-order valence-electron chi connectivity index (χ0n) is 16.7. The first-order chi connectivity index (χ1) is 12.6. The van der Waals surface area contributed by atoms with Crippen LogP contribution in [-0.4, -0.2) is 74.4 Å². The van der Waals surface area contributed by atoms with Crippen LogP contribution in [0.5, 0.6) is 0 Å². The minimum atomic E-state index is -3.13. The summed E-state index contributed by atoms with van der Waals surface area (Å²) < 4.78 is 23.7. The van der Waals surface area contributed by atoms with Crippen LogP contribution in [-0.2, 0) is 16.4 Å². The van der Waals surface area contributed by atoms with Crippen LogP contribution in [0.2, 0.25) is 5.02 Å². The first-order valence-corrected chi connectivity index (χ1v) is 11.3. The van der Waals surface area contributed by atoms with Crippen LogP contribution >= 0.6 is 11.6 Å². The molecule has 0 spiro atoms. The summed E-state index contributed by atoms with van der Waals surface area (Å²) in [5.41, 5.74) is 1.25. The number of piperazine rings is 1. The molecule has 0 atom stereocenters. The summed E-state index contributed by atoms with van der Waals surface area (Å²) in [6.45, 7) is 10.1. The number of hydrogen-bond donors (Lipinski definition) is 1. The molecular formula is C19H31ClN4O2S. The smallest absolute Gasteiger partial charge is 0.193 e.